The van der Waals surface area contributed by atoms with Gasteiger partial charge in [-0.3, -0.25) is 9.36 Å². The zero-order valence-electron chi connectivity index (χ0n) is 7.42. The molecule has 0 N–H and O–H groups in total. The summed E-state index contributed by atoms with van der Waals surface area (Å²) < 4.78 is 37.8. The molecule has 0 spiro atoms. The largest absolute Gasteiger partial charge is 0.423 e. The summed E-state index contributed by atoms with van der Waals surface area (Å²) in [7, 11) is 2.15. The Morgan fingerprint density at radius 3 is 2.14 bits per heavy atom. The first kappa shape index (κ1) is 10.6. The first-order valence-electron chi connectivity index (χ1n) is 3.59. The summed E-state index contributed by atoms with van der Waals surface area (Å²) in [5.41, 5.74) is -3.47. The lowest BCUT2D eigenvalue weighted by Crippen LogP contribution is -2.40. The highest BCUT2D eigenvalue weighted by molar-refractivity contribution is 5.09. The molecule has 1 heterocycles. The highest BCUT2D eigenvalue weighted by Gasteiger charge is 2.35. The van der Waals surface area contributed by atoms with E-state index in [-0.39, 0.29) is 0 Å². The van der Waals surface area contributed by atoms with Crippen LogP contribution in [0.3, 0.4) is 0 Å². The Morgan fingerprint density at radius 1 is 1.21 bits per heavy atom. The van der Waals surface area contributed by atoms with Crippen LogP contribution in [0.1, 0.15) is 5.56 Å². The van der Waals surface area contributed by atoms with E-state index in [9.17, 15) is 22.8 Å². The molecule has 0 fully saturated rings. The van der Waals surface area contributed by atoms with Gasteiger partial charge in [0, 0.05) is 20.3 Å². The molecule has 0 aliphatic carbocycles. The topological polar surface area (TPSA) is 44.0 Å². The monoisotopic (exact) mass is 208 g/mol. The van der Waals surface area contributed by atoms with Crippen molar-refractivity contribution in [1.82, 2.24) is 9.13 Å². The second-order valence-electron chi connectivity index (χ2n) is 2.80. The van der Waals surface area contributed by atoms with Crippen LogP contribution in [0.4, 0.5) is 13.2 Å². The number of aromatic nitrogens is 2. The highest BCUT2D eigenvalue weighted by Crippen LogP contribution is 2.25. The maximum absolute atomic E-state index is 12.2. The lowest BCUT2D eigenvalue weighted by Gasteiger charge is -2.08. The second kappa shape index (κ2) is 3.00. The molecule has 1 rings (SSSR count). The van der Waals surface area contributed by atoms with E-state index in [1.807, 2.05) is 0 Å². The molecular formula is C7H7F3N2O2. The van der Waals surface area contributed by atoms with Gasteiger partial charge >= 0.3 is 11.9 Å². The number of alkyl halides is 3. The average Bonchev–Trinajstić information content (AvgIpc) is 2.06. The molecule has 7 heteroatoms. The quantitative estimate of drug-likeness (QED) is 0.607. The number of hydrogen-bond donors (Lipinski definition) is 0. The van der Waals surface area contributed by atoms with E-state index in [4.69, 9.17) is 0 Å². The van der Waals surface area contributed by atoms with Gasteiger partial charge in [0.15, 0.2) is 0 Å². The third-order valence-corrected chi connectivity index (χ3v) is 1.75. The van der Waals surface area contributed by atoms with Crippen molar-refractivity contribution < 1.29 is 13.2 Å². The van der Waals surface area contributed by atoms with Crippen molar-refractivity contribution in [2.24, 2.45) is 14.1 Å². The van der Waals surface area contributed by atoms with Gasteiger partial charge in [0.05, 0.1) is 0 Å². The van der Waals surface area contributed by atoms with Crippen LogP contribution in [0.25, 0.3) is 0 Å². The summed E-state index contributed by atoms with van der Waals surface area (Å²) in [6.45, 7) is 0. The van der Waals surface area contributed by atoms with Crippen LogP contribution in [0, 0.1) is 0 Å². The summed E-state index contributed by atoms with van der Waals surface area (Å²) in [5.74, 6) is 0. The van der Waals surface area contributed by atoms with Crippen molar-refractivity contribution in [3.8, 4) is 0 Å². The molecule has 0 aromatic carbocycles. The fraction of sp³-hybridized carbons (Fsp3) is 0.429. The standard InChI is InChI=1S/C7H7F3N2O2/c1-11-3-4(7(8,9)10)5(13)12(2)6(11)14/h3H,1-2H3. The van der Waals surface area contributed by atoms with Gasteiger partial charge in [-0.2, -0.15) is 13.2 Å². The van der Waals surface area contributed by atoms with Crippen LogP contribution in [0.15, 0.2) is 15.8 Å². The van der Waals surface area contributed by atoms with Crippen molar-refractivity contribution in [1.29, 1.82) is 0 Å². The predicted molar refractivity (Wildman–Crippen MR) is 41.9 cm³/mol. The average molecular weight is 208 g/mol. The Hall–Kier alpha value is -1.53. The van der Waals surface area contributed by atoms with E-state index in [2.05, 4.69) is 0 Å². The molecule has 1 aromatic rings. The van der Waals surface area contributed by atoms with Gasteiger partial charge in [-0.05, 0) is 0 Å². The smallest absolute Gasteiger partial charge is 0.303 e. The third kappa shape index (κ3) is 1.57. The fourth-order valence-electron chi connectivity index (χ4n) is 1.00. The molecule has 0 saturated carbocycles. The van der Waals surface area contributed by atoms with E-state index in [0.717, 1.165) is 14.1 Å². The van der Waals surface area contributed by atoms with Gasteiger partial charge in [-0.1, -0.05) is 0 Å². The highest BCUT2D eigenvalue weighted by atomic mass is 19.4. The number of hydrogen-bond acceptors (Lipinski definition) is 2. The van der Waals surface area contributed by atoms with Crippen molar-refractivity contribution in [2.75, 3.05) is 0 Å². The van der Waals surface area contributed by atoms with Crippen molar-refractivity contribution in [3.63, 3.8) is 0 Å². The maximum Gasteiger partial charge on any atom is 0.423 e. The fourth-order valence-corrected chi connectivity index (χ4v) is 1.00. The van der Waals surface area contributed by atoms with Gasteiger partial charge in [0.25, 0.3) is 5.56 Å². The number of aryl methyl sites for hydroxylation is 1. The summed E-state index contributed by atoms with van der Waals surface area (Å²) in [6.07, 6.45) is -4.25. The minimum atomic E-state index is -4.74. The first-order valence-corrected chi connectivity index (χ1v) is 3.59. The first-order chi connectivity index (χ1) is 6.25. The molecule has 1 aromatic heterocycles. The number of halogens is 3. The van der Waals surface area contributed by atoms with Crippen LogP contribution in [0.2, 0.25) is 0 Å². The van der Waals surface area contributed by atoms with Crippen molar-refractivity contribution >= 4 is 0 Å². The lowest BCUT2D eigenvalue weighted by molar-refractivity contribution is -0.139. The van der Waals surface area contributed by atoms with Gasteiger partial charge in [-0.25, -0.2) is 4.79 Å². The molecule has 0 atom stereocenters. The molecule has 14 heavy (non-hydrogen) atoms. The molecule has 0 unspecified atom stereocenters. The number of nitrogens with zero attached hydrogens (tertiary/aromatic N) is 2. The molecule has 0 bridgehead atoms. The second-order valence-corrected chi connectivity index (χ2v) is 2.80. The minimum absolute atomic E-state index is 0.419. The molecule has 0 amide bonds. The Balaban J connectivity index is 3.67. The van der Waals surface area contributed by atoms with Crippen molar-refractivity contribution in [3.05, 3.63) is 32.6 Å². The van der Waals surface area contributed by atoms with E-state index in [1.165, 1.54) is 0 Å². The Morgan fingerprint density at radius 2 is 1.71 bits per heavy atom. The summed E-state index contributed by atoms with van der Waals surface area (Å²) >= 11 is 0. The zero-order valence-corrected chi connectivity index (χ0v) is 7.42. The molecule has 0 saturated heterocycles. The van der Waals surface area contributed by atoms with E-state index >= 15 is 0 Å². The van der Waals surface area contributed by atoms with E-state index in [1.54, 1.807) is 0 Å². The van der Waals surface area contributed by atoms with E-state index < -0.39 is 23.0 Å². The minimum Gasteiger partial charge on any atom is -0.303 e. The maximum atomic E-state index is 12.2. The summed E-state index contributed by atoms with van der Waals surface area (Å²) in [5, 5.41) is 0. The normalized spacial score (nSPS) is 11.8. The van der Waals surface area contributed by atoms with Crippen LogP contribution >= 0.6 is 0 Å². The molecule has 0 aliphatic rings. The van der Waals surface area contributed by atoms with Crippen molar-refractivity contribution in [2.45, 2.75) is 6.18 Å². The van der Waals surface area contributed by atoms with Crippen LogP contribution in [-0.2, 0) is 20.3 Å². The summed E-state index contributed by atoms with van der Waals surface area (Å²) in [4.78, 5) is 22.0. The number of rotatable bonds is 0. The zero-order chi connectivity index (χ0) is 11.1. The predicted octanol–water partition coefficient (Wildman–Crippen LogP) is 0.103. The molecule has 0 aliphatic heterocycles. The molecule has 4 nitrogen and oxygen atoms in total. The molecular weight excluding hydrogens is 201 g/mol. The molecule has 78 valence electrons. The SMILES string of the molecule is Cn1cc(C(F)(F)F)c(=O)n(C)c1=O. The molecule has 0 radical (unpaired) electrons. The van der Waals surface area contributed by atoms with Gasteiger partial charge in [0.2, 0.25) is 0 Å². The Labute approximate surface area is 76.2 Å². The Kier molecular flexibility index (Phi) is 2.26. The van der Waals surface area contributed by atoms with Gasteiger partial charge in [-0.15, -0.1) is 0 Å². The van der Waals surface area contributed by atoms with E-state index in [0.29, 0.717) is 15.3 Å². The third-order valence-electron chi connectivity index (χ3n) is 1.75. The Bertz CT molecular complexity index is 469. The van der Waals surface area contributed by atoms with Crippen LogP contribution in [0.5, 0.6) is 0 Å². The van der Waals surface area contributed by atoms with Gasteiger partial charge < -0.3 is 4.57 Å². The summed E-state index contributed by atoms with van der Waals surface area (Å²) in [6, 6.07) is 0. The van der Waals surface area contributed by atoms with Gasteiger partial charge in [0.1, 0.15) is 5.56 Å². The van der Waals surface area contributed by atoms with Crippen LogP contribution < -0.4 is 11.2 Å². The lowest BCUT2D eigenvalue weighted by atomic mass is 10.3. The van der Waals surface area contributed by atoms with Crippen LogP contribution in [-0.4, -0.2) is 9.13 Å².